The molecule has 0 radical (unpaired) electrons. The van der Waals surface area contributed by atoms with Gasteiger partial charge >= 0.3 is 0 Å². The Morgan fingerprint density at radius 2 is 2.00 bits per heavy atom. The monoisotopic (exact) mass is 204 g/mol. The fourth-order valence-electron chi connectivity index (χ4n) is 1.40. The van der Waals surface area contributed by atoms with Crippen LogP contribution in [-0.2, 0) is 4.79 Å². The lowest BCUT2D eigenvalue weighted by Crippen LogP contribution is -2.12. The smallest absolute Gasteiger partial charge is 0.224 e. The van der Waals surface area contributed by atoms with Crippen LogP contribution in [0.5, 0.6) is 0 Å². The lowest BCUT2D eigenvalue weighted by molar-refractivity contribution is -0.115. The van der Waals surface area contributed by atoms with E-state index in [0.717, 1.165) is 11.4 Å². The first-order valence-corrected chi connectivity index (χ1v) is 5.45. The van der Waals surface area contributed by atoms with Crippen molar-refractivity contribution in [3.63, 3.8) is 0 Å². The van der Waals surface area contributed by atoms with Crippen molar-refractivity contribution in [2.75, 3.05) is 10.6 Å². The van der Waals surface area contributed by atoms with E-state index in [0.29, 0.717) is 12.5 Å². The molecule has 1 aromatic rings. The molecular weight excluding hydrogens is 188 g/mol. The van der Waals surface area contributed by atoms with Crippen LogP contribution in [0.2, 0.25) is 0 Å². The van der Waals surface area contributed by atoms with Crippen molar-refractivity contribution in [2.45, 2.75) is 32.2 Å². The first kappa shape index (κ1) is 10.0. The standard InChI is InChI=1S/C12H16N2O/c1-2-12(15)14-11-6-4-3-5-10(11)13-9-7-8-9/h3-6,9,13H,2,7-8H2,1H3,(H,14,15). The number of hydrogen-bond acceptors (Lipinski definition) is 2. The van der Waals surface area contributed by atoms with Gasteiger partial charge in [0.2, 0.25) is 5.91 Å². The van der Waals surface area contributed by atoms with Crippen LogP contribution in [0, 0.1) is 0 Å². The van der Waals surface area contributed by atoms with Gasteiger partial charge in [0.05, 0.1) is 11.4 Å². The van der Waals surface area contributed by atoms with Crippen molar-refractivity contribution in [2.24, 2.45) is 0 Å². The second-order valence-corrected chi connectivity index (χ2v) is 3.87. The third-order valence-electron chi connectivity index (χ3n) is 2.46. The Bertz CT molecular complexity index is 358. The zero-order chi connectivity index (χ0) is 10.7. The molecule has 0 saturated heterocycles. The topological polar surface area (TPSA) is 41.1 Å². The molecule has 1 saturated carbocycles. The van der Waals surface area contributed by atoms with Crippen molar-refractivity contribution in [1.82, 2.24) is 0 Å². The van der Waals surface area contributed by atoms with Crippen LogP contribution in [0.3, 0.4) is 0 Å². The Hall–Kier alpha value is -1.51. The van der Waals surface area contributed by atoms with Crippen molar-refractivity contribution in [3.8, 4) is 0 Å². The summed E-state index contributed by atoms with van der Waals surface area (Å²) in [4.78, 5) is 11.3. The van der Waals surface area contributed by atoms with E-state index in [-0.39, 0.29) is 5.91 Å². The SMILES string of the molecule is CCC(=O)Nc1ccccc1NC1CC1. The Labute approximate surface area is 89.9 Å². The zero-order valence-corrected chi connectivity index (χ0v) is 8.92. The Morgan fingerprint density at radius 1 is 1.33 bits per heavy atom. The zero-order valence-electron chi connectivity index (χ0n) is 8.92. The minimum atomic E-state index is 0.0556. The second kappa shape index (κ2) is 4.34. The number of hydrogen-bond donors (Lipinski definition) is 2. The lowest BCUT2D eigenvalue weighted by Gasteiger charge is -2.11. The Balaban J connectivity index is 2.09. The summed E-state index contributed by atoms with van der Waals surface area (Å²) in [5.74, 6) is 0.0556. The van der Waals surface area contributed by atoms with Crippen molar-refractivity contribution < 1.29 is 4.79 Å². The largest absolute Gasteiger partial charge is 0.381 e. The van der Waals surface area contributed by atoms with E-state index in [1.165, 1.54) is 12.8 Å². The molecule has 1 amide bonds. The number of carbonyl (C=O) groups excluding carboxylic acids is 1. The van der Waals surface area contributed by atoms with Gasteiger partial charge in [-0.25, -0.2) is 0 Å². The molecule has 3 nitrogen and oxygen atoms in total. The molecule has 0 atom stereocenters. The number of amides is 1. The second-order valence-electron chi connectivity index (χ2n) is 3.87. The van der Waals surface area contributed by atoms with Gasteiger partial charge in [-0.05, 0) is 25.0 Å². The van der Waals surface area contributed by atoms with Gasteiger partial charge in [0.25, 0.3) is 0 Å². The average molecular weight is 204 g/mol. The van der Waals surface area contributed by atoms with E-state index in [2.05, 4.69) is 10.6 Å². The molecule has 1 aliphatic rings. The third kappa shape index (κ3) is 2.72. The predicted octanol–water partition coefficient (Wildman–Crippen LogP) is 2.61. The maximum absolute atomic E-state index is 11.3. The van der Waals surface area contributed by atoms with Gasteiger partial charge in [-0.3, -0.25) is 4.79 Å². The van der Waals surface area contributed by atoms with Gasteiger partial charge < -0.3 is 10.6 Å². The van der Waals surface area contributed by atoms with Gasteiger partial charge in [0.1, 0.15) is 0 Å². The normalized spacial score (nSPS) is 14.7. The van der Waals surface area contributed by atoms with E-state index in [4.69, 9.17) is 0 Å². The summed E-state index contributed by atoms with van der Waals surface area (Å²) in [5.41, 5.74) is 1.91. The molecule has 0 heterocycles. The maximum Gasteiger partial charge on any atom is 0.224 e. The third-order valence-corrected chi connectivity index (χ3v) is 2.46. The molecule has 15 heavy (non-hydrogen) atoms. The molecule has 0 unspecified atom stereocenters. The summed E-state index contributed by atoms with van der Waals surface area (Å²) in [6.45, 7) is 1.85. The van der Waals surface area contributed by atoms with Crippen molar-refractivity contribution in [1.29, 1.82) is 0 Å². The van der Waals surface area contributed by atoms with Gasteiger partial charge in [-0.2, -0.15) is 0 Å². The number of nitrogens with one attached hydrogen (secondary N) is 2. The Morgan fingerprint density at radius 3 is 2.60 bits per heavy atom. The molecule has 0 spiro atoms. The molecule has 80 valence electrons. The van der Waals surface area contributed by atoms with Crippen LogP contribution >= 0.6 is 0 Å². The van der Waals surface area contributed by atoms with Gasteiger partial charge in [-0.15, -0.1) is 0 Å². The molecular formula is C12H16N2O. The number of rotatable bonds is 4. The quantitative estimate of drug-likeness (QED) is 0.791. The first-order valence-electron chi connectivity index (χ1n) is 5.45. The van der Waals surface area contributed by atoms with E-state index in [1.54, 1.807) is 0 Å². The number of anilines is 2. The summed E-state index contributed by atoms with van der Waals surface area (Å²) in [6.07, 6.45) is 2.98. The number of benzene rings is 1. The highest BCUT2D eigenvalue weighted by Crippen LogP contribution is 2.29. The molecule has 0 aliphatic heterocycles. The van der Waals surface area contributed by atoms with E-state index in [1.807, 2.05) is 31.2 Å². The van der Waals surface area contributed by atoms with E-state index in [9.17, 15) is 4.79 Å². The summed E-state index contributed by atoms with van der Waals surface area (Å²) in [6, 6.07) is 8.45. The van der Waals surface area contributed by atoms with Crippen molar-refractivity contribution >= 4 is 17.3 Å². The molecule has 1 fully saturated rings. The summed E-state index contributed by atoms with van der Waals surface area (Å²) in [5, 5.41) is 6.29. The molecule has 0 aromatic heterocycles. The van der Waals surface area contributed by atoms with Crippen LogP contribution in [0.15, 0.2) is 24.3 Å². The van der Waals surface area contributed by atoms with E-state index < -0.39 is 0 Å². The minimum absolute atomic E-state index is 0.0556. The fraction of sp³-hybridized carbons (Fsp3) is 0.417. The fourth-order valence-corrected chi connectivity index (χ4v) is 1.40. The van der Waals surface area contributed by atoms with Crippen LogP contribution in [-0.4, -0.2) is 11.9 Å². The van der Waals surface area contributed by atoms with Gasteiger partial charge in [0, 0.05) is 12.5 Å². The minimum Gasteiger partial charge on any atom is -0.381 e. The number of carbonyl (C=O) groups is 1. The van der Waals surface area contributed by atoms with Crippen LogP contribution in [0.4, 0.5) is 11.4 Å². The lowest BCUT2D eigenvalue weighted by atomic mass is 10.2. The summed E-state index contributed by atoms with van der Waals surface area (Å²) >= 11 is 0. The highest BCUT2D eigenvalue weighted by molar-refractivity contribution is 5.94. The molecule has 3 heteroatoms. The van der Waals surface area contributed by atoms with Crippen LogP contribution in [0.1, 0.15) is 26.2 Å². The van der Waals surface area contributed by atoms with E-state index >= 15 is 0 Å². The summed E-state index contributed by atoms with van der Waals surface area (Å²) in [7, 11) is 0. The highest BCUT2D eigenvalue weighted by Gasteiger charge is 2.21. The number of para-hydroxylation sites is 2. The molecule has 1 aliphatic carbocycles. The van der Waals surface area contributed by atoms with Crippen LogP contribution in [0.25, 0.3) is 0 Å². The molecule has 2 rings (SSSR count). The maximum atomic E-state index is 11.3. The summed E-state index contributed by atoms with van der Waals surface area (Å²) < 4.78 is 0. The molecule has 0 bridgehead atoms. The van der Waals surface area contributed by atoms with Gasteiger partial charge in [0.15, 0.2) is 0 Å². The van der Waals surface area contributed by atoms with Crippen LogP contribution < -0.4 is 10.6 Å². The molecule has 2 N–H and O–H groups in total. The highest BCUT2D eigenvalue weighted by atomic mass is 16.1. The molecule has 1 aromatic carbocycles. The predicted molar refractivity (Wildman–Crippen MR) is 62.0 cm³/mol. The van der Waals surface area contributed by atoms with Crippen molar-refractivity contribution in [3.05, 3.63) is 24.3 Å². The first-order chi connectivity index (χ1) is 7.29. The average Bonchev–Trinajstić information content (AvgIpc) is 3.04. The Kier molecular flexibility index (Phi) is 2.90. The van der Waals surface area contributed by atoms with Gasteiger partial charge in [-0.1, -0.05) is 19.1 Å².